The number of hydrogen-bond donors (Lipinski definition) is 0. The summed E-state index contributed by atoms with van der Waals surface area (Å²) < 4.78 is 0. The lowest BCUT2D eigenvalue weighted by atomic mass is 10.5. The van der Waals surface area contributed by atoms with Crippen LogP contribution < -0.4 is 4.98 Å². The second-order valence-corrected chi connectivity index (χ2v) is 1.40. The Bertz CT molecular complexity index is 137. The van der Waals surface area contributed by atoms with Gasteiger partial charge < -0.3 is 0 Å². The van der Waals surface area contributed by atoms with Gasteiger partial charge in [-0.25, -0.2) is 0 Å². The van der Waals surface area contributed by atoms with E-state index in [4.69, 9.17) is 0 Å². The number of H-pyrrole nitrogens is 1. The van der Waals surface area contributed by atoms with E-state index in [1.165, 1.54) is 0 Å². The van der Waals surface area contributed by atoms with Gasteiger partial charge in [-0.15, -0.1) is 0 Å². The fourth-order valence-corrected chi connectivity index (χ4v) is 0.394. The fourth-order valence-electron chi connectivity index (χ4n) is 0.394. The van der Waals surface area contributed by atoms with Crippen molar-refractivity contribution < 1.29 is 4.98 Å². The van der Waals surface area contributed by atoms with Crippen molar-refractivity contribution in [2.75, 3.05) is 0 Å². The minimum absolute atomic E-state index is 1.04. The van der Waals surface area contributed by atoms with Crippen molar-refractivity contribution in [3.05, 3.63) is 24.3 Å². The average molecular weight is 125 g/mol. The van der Waals surface area contributed by atoms with E-state index in [1.54, 1.807) is 6.33 Å². The van der Waals surface area contributed by atoms with Crippen molar-refractivity contribution in [3.63, 3.8) is 0 Å². The van der Waals surface area contributed by atoms with Crippen LogP contribution >= 0.6 is 0 Å². The first kappa shape index (κ1) is 8.08. The largest absolute Gasteiger partial charge is 0.284 e. The van der Waals surface area contributed by atoms with Crippen LogP contribution in [0.4, 0.5) is 0 Å². The van der Waals surface area contributed by atoms with Gasteiger partial charge in [-0.1, -0.05) is 18.8 Å². The third-order valence-electron chi connectivity index (χ3n) is 0.763. The zero-order chi connectivity index (χ0) is 7.11. The second kappa shape index (κ2) is 5.22. The number of nitrogens with zero attached hydrogens (tertiary/aromatic N) is 1. The van der Waals surface area contributed by atoms with Crippen LogP contribution in [-0.4, -0.2) is 4.98 Å². The predicted molar refractivity (Wildman–Crippen MR) is 36.9 cm³/mol. The van der Waals surface area contributed by atoms with Crippen molar-refractivity contribution in [2.24, 2.45) is 0 Å². The summed E-state index contributed by atoms with van der Waals surface area (Å²) in [7, 11) is 0. The van der Waals surface area contributed by atoms with Crippen LogP contribution in [0, 0.1) is 6.92 Å². The number of aromatic nitrogens is 2. The Morgan fingerprint density at radius 3 is 2.33 bits per heavy atom. The van der Waals surface area contributed by atoms with Gasteiger partial charge in [-0.2, -0.15) is 0 Å². The smallest absolute Gasteiger partial charge is 0.250 e. The molecule has 0 amide bonds. The maximum atomic E-state index is 3.92. The molecule has 2 heteroatoms. The maximum Gasteiger partial charge on any atom is 0.284 e. The highest BCUT2D eigenvalue weighted by Gasteiger charge is 1.83. The third kappa shape index (κ3) is 3.64. The number of nitrogens with one attached hydrogen (secondary N) is 1. The van der Waals surface area contributed by atoms with Crippen molar-refractivity contribution >= 4 is 0 Å². The number of hydrogen-bond acceptors (Lipinski definition) is 1. The quantitative estimate of drug-likeness (QED) is 0.512. The second-order valence-electron chi connectivity index (χ2n) is 1.40. The highest BCUT2D eigenvalue weighted by atomic mass is 14.8. The first-order valence-electron chi connectivity index (χ1n) is 3.18. The van der Waals surface area contributed by atoms with Gasteiger partial charge in [0.15, 0.2) is 5.69 Å². The van der Waals surface area contributed by atoms with Crippen LogP contribution in [0.25, 0.3) is 0 Å². The molecule has 0 radical (unpaired) electrons. The van der Waals surface area contributed by atoms with Gasteiger partial charge in [0.1, 0.15) is 0 Å². The molecule has 0 atom stereocenters. The molecule has 0 unspecified atom stereocenters. The Hall–Kier alpha value is -0.920. The molecule has 0 aliphatic heterocycles. The first-order valence-corrected chi connectivity index (χ1v) is 3.18. The van der Waals surface area contributed by atoms with E-state index in [9.17, 15) is 0 Å². The van der Waals surface area contributed by atoms with Crippen LogP contribution in [-0.2, 0) is 0 Å². The Kier molecular flexibility index (Phi) is 4.69. The lowest BCUT2D eigenvalue weighted by Gasteiger charge is -1.72. The molecule has 0 spiro atoms. The molecular weight excluding hydrogens is 112 g/mol. The van der Waals surface area contributed by atoms with Crippen molar-refractivity contribution in [2.45, 2.75) is 20.8 Å². The molecule has 9 heavy (non-hydrogen) atoms. The Balaban J connectivity index is 0.000000291. The molecule has 1 aromatic rings. The summed E-state index contributed by atoms with van der Waals surface area (Å²) in [6, 6.07) is 1.92. The minimum Gasteiger partial charge on any atom is -0.250 e. The zero-order valence-electron chi connectivity index (χ0n) is 6.18. The number of aryl methyl sites for hydroxylation is 1. The summed E-state index contributed by atoms with van der Waals surface area (Å²) in [6.45, 7) is 5.95. The Morgan fingerprint density at radius 1 is 1.44 bits per heavy atom. The molecule has 0 bridgehead atoms. The molecule has 1 heterocycles. The summed E-state index contributed by atoms with van der Waals surface area (Å²) in [5, 5.41) is 0. The number of aromatic amines is 1. The topological polar surface area (TPSA) is 27.0 Å². The van der Waals surface area contributed by atoms with Crippen molar-refractivity contribution in [1.29, 1.82) is 0 Å². The van der Waals surface area contributed by atoms with Gasteiger partial charge in [0.05, 0.1) is 6.20 Å². The molecule has 2 nitrogen and oxygen atoms in total. The van der Waals surface area contributed by atoms with Crippen molar-refractivity contribution in [3.8, 4) is 0 Å². The van der Waals surface area contributed by atoms with Gasteiger partial charge in [-0.05, 0) is 0 Å². The predicted octanol–water partition coefficient (Wildman–Crippen LogP) is 1.23. The van der Waals surface area contributed by atoms with Gasteiger partial charge >= 0.3 is 0 Å². The molecule has 1 rings (SSSR count). The molecule has 0 aromatic carbocycles. The molecule has 0 aliphatic carbocycles. The highest BCUT2D eigenvalue weighted by molar-refractivity contribution is 4.89. The van der Waals surface area contributed by atoms with E-state index in [-0.39, 0.29) is 0 Å². The van der Waals surface area contributed by atoms with Crippen LogP contribution in [0.15, 0.2) is 18.6 Å². The zero-order valence-corrected chi connectivity index (χ0v) is 6.18. The first-order chi connectivity index (χ1) is 4.39. The van der Waals surface area contributed by atoms with Crippen LogP contribution in [0.1, 0.15) is 19.5 Å². The molecule has 0 fully saturated rings. The molecule has 0 aliphatic rings. The van der Waals surface area contributed by atoms with Gasteiger partial charge in [0.2, 0.25) is 0 Å². The van der Waals surface area contributed by atoms with Crippen molar-refractivity contribution in [1.82, 2.24) is 4.98 Å². The minimum atomic E-state index is 1.04. The van der Waals surface area contributed by atoms with E-state index in [2.05, 4.69) is 9.97 Å². The lowest BCUT2D eigenvalue weighted by Crippen LogP contribution is -1.99. The normalized spacial score (nSPS) is 7.44. The van der Waals surface area contributed by atoms with Crippen LogP contribution in [0.3, 0.4) is 0 Å². The van der Waals surface area contributed by atoms with E-state index in [0.29, 0.717) is 0 Å². The Labute approximate surface area is 56.0 Å². The van der Waals surface area contributed by atoms with E-state index < -0.39 is 0 Å². The van der Waals surface area contributed by atoms with E-state index >= 15 is 0 Å². The van der Waals surface area contributed by atoms with Gasteiger partial charge in [0.25, 0.3) is 6.33 Å². The maximum absolute atomic E-state index is 3.92. The lowest BCUT2D eigenvalue weighted by molar-refractivity contribution is -0.383. The van der Waals surface area contributed by atoms with E-state index in [0.717, 1.165) is 5.69 Å². The van der Waals surface area contributed by atoms with Crippen LogP contribution in [0.2, 0.25) is 0 Å². The molecule has 0 saturated carbocycles. The molecule has 0 saturated heterocycles. The highest BCUT2D eigenvalue weighted by Crippen LogP contribution is 1.79. The average Bonchev–Trinajstić information content (AvgIpc) is 1.94. The summed E-state index contributed by atoms with van der Waals surface area (Å²) >= 11 is 0. The van der Waals surface area contributed by atoms with Gasteiger partial charge in [0, 0.05) is 13.0 Å². The van der Waals surface area contributed by atoms with Crippen LogP contribution in [0.5, 0.6) is 0 Å². The fraction of sp³-hybridized carbons (Fsp3) is 0.429. The monoisotopic (exact) mass is 125 g/mol. The summed E-state index contributed by atoms with van der Waals surface area (Å²) in [5.74, 6) is 0. The Morgan fingerprint density at radius 2 is 2.11 bits per heavy atom. The standard InChI is InChI=1S/C5H6N2.C2H6/c1-5-2-3-6-4-7-5;1-2/h2-4H,1H3;1-2H3/p+1. The summed E-state index contributed by atoms with van der Waals surface area (Å²) in [4.78, 5) is 6.75. The summed E-state index contributed by atoms with van der Waals surface area (Å²) in [6.07, 6.45) is 3.51. The SMILES string of the molecule is CC.Cc1cc[nH+]cn1. The molecule has 1 aromatic heterocycles. The summed E-state index contributed by atoms with van der Waals surface area (Å²) in [5.41, 5.74) is 1.04. The molecule has 1 N–H and O–H groups in total. The molecule has 50 valence electrons. The molecular formula is C7H13N2+. The van der Waals surface area contributed by atoms with Gasteiger partial charge in [-0.3, -0.25) is 4.98 Å². The third-order valence-corrected chi connectivity index (χ3v) is 0.763. The van der Waals surface area contributed by atoms with E-state index in [1.807, 2.05) is 33.0 Å². The number of rotatable bonds is 0.